The van der Waals surface area contributed by atoms with Crippen molar-refractivity contribution in [2.75, 3.05) is 21.3 Å². The van der Waals surface area contributed by atoms with Crippen molar-refractivity contribution in [1.82, 2.24) is 0 Å². The molecular formula is C18H17BrO4. The first-order valence-corrected chi connectivity index (χ1v) is 7.66. The highest BCUT2D eigenvalue weighted by Crippen LogP contribution is 2.27. The predicted molar refractivity (Wildman–Crippen MR) is 93.6 cm³/mol. The van der Waals surface area contributed by atoms with E-state index in [2.05, 4.69) is 15.9 Å². The average Bonchev–Trinajstić information content (AvgIpc) is 2.59. The summed E-state index contributed by atoms with van der Waals surface area (Å²) in [7, 11) is 4.70. The summed E-state index contributed by atoms with van der Waals surface area (Å²) < 4.78 is 16.4. The zero-order valence-electron chi connectivity index (χ0n) is 13.1. The number of methoxy groups -OCH3 is 3. The zero-order valence-corrected chi connectivity index (χ0v) is 14.7. The van der Waals surface area contributed by atoms with E-state index in [9.17, 15) is 4.79 Å². The van der Waals surface area contributed by atoms with Gasteiger partial charge in [0.2, 0.25) is 0 Å². The Morgan fingerprint density at radius 3 is 2.30 bits per heavy atom. The van der Waals surface area contributed by atoms with Gasteiger partial charge in [-0.3, -0.25) is 4.79 Å². The minimum absolute atomic E-state index is 0.142. The van der Waals surface area contributed by atoms with Gasteiger partial charge >= 0.3 is 0 Å². The normalized spacial score (nSPS) is 10.6. The van der Waals surface area contributed by atoms with E-state index in [4.69, 9.17) is 14.2 Å². The third-order valence-electron chi connectivity index (χ3n) is 3.28. The lowest BCUT2D eigenvalue weighted by molar-refractivity contribution is 0.104. The molecule has 0 aliphatic heterocycles. The smallest absolute Gasteiger partial charge is 0.189 e. The molecule has 0 aliphatic rings. The standard InChI is InChI=1S/C18H17BrO4/c1-21-13-6-7-14(18(11-13)23-3)16(20)8-4-12-5-9-17(22-2)15(19)10-12/h4-11H,1-3H3/b8-4+. The summed E-state index contributed by atoms with van der Waals surface area (Å²) in [4.78, 5) is 12.4. The number of ether oxygens (including phenoxy) is 3. The van der Waals surface area contributed by atoms with Gasteiger partial charge in [-0.25, -0.2) is 0 Å². The molecular weight excluding hydrogens is 360 g/mol. The van der Waals surface area contributed by atoms with Crippen LogP contribution in [-0.4, -0.2) is 27.1 Å². The zero-order chi connectivity index (χ0) is 16.8. The van der Waals surface area contributed by atoms with Crippen LogP contribution < -0.4 is 14.2 Å². The Balaban J connectivity index is 2.23. The van der Waals surface area contributed by atoms with Crippen LogP contribution >= 0.6 is 15.9 Å². The molecule has 0 saturated carbocycles. The van der Waals surface area contributed by atoms with E-state index in [1.807, 2.05) is 18.2 Å². The Bertz CT molecular complexity index is 738. The number of rotatable bonds is 6. The number of ketones is 1. The van der Waals surface area contributed by atoms with Gasteiger partial charge in [-0.1, -0.05) is 12.1 Å². The van der Waals surface area contributed by atoms with Crippen molar-refractivity contribution in [3.05, 3.63) is 58.1 Å². The van der Waals surface area contributed by atoms with E-state index >= 15 is 0 Å². The second-order valence-electron chi connectivity index (χ2n) is 4.66. The molecule has 0 atom stereocenters. The number of carbonyl (C=O) groups excluding carboxylic acids is 1. The fraction of sp³-hybridized carbons (Fsp3) is 0.167. The lowest BCUT2D eigenvalue weighted by Gasteiger charge is -2.08. The average molecular weight is 377 g/mol. The molecule has 2 aromatic carbocycles. The summed E-state index contributed by atoms with van der Waals surface area (Å²) in [5.41, 5.74) is 1.37. The molecule has 0 heterocycles. The summed E-state index contributed by atoms with van der Waals surface area (Å²) in [5, 5.41) is 0. The second kappa shape index (κ2) is 7.83. The van der Waals surface area contributed by atoms with Crippen LogP contribution in [0.3, 0.4) is 0 Å². The van der Waals surface area contributed by atoms with E-state index < -0.39 is 0 Å². The molecule has 0 spiro atoms. The Kier molecular flexibility index (Phi) is 5.82. The van der Waals surface area contributed by atoms with Crippen LogP contribution in [0.4, 0.5) is 0 Å². The fourth-order valence-electron chi connectivity index (χ4n) is 2.05. The van der Waals surface area contributed by atoms with Gasteiger partial charge in [0, 0.05) is 6.07 Å². The molecule has 0 fully saturated rings. The van der Waals surface area contributed by atoms with E-state index in [0.717, 1.165) is 15.8 Å². The molecule has 0 N–H and O–H groups in total. The first kappa shape index (κ1) is 17.1. The summed E-state index contributed by atoms with van der Waals surface area (Å²) in [6.45, 7) is 0. The van der Waals surface area contributed by atoms with E-state index in [-0.39, 0.29) is 5.78 Å². The minimum atomic E-state index is -0.142. The van der Waals surface area contributed by atoms with Gasteiger partial charge in [-0.05, 0) is 51.8 Å². The fourth-order valence-corrected chi connectivity index (χ4v) is 2.61. The SMILES string of the molecule is COc1ccc(C(=O)/C=C/c2ccc(OC)c(Br)c2)c(OC)c1. The predicted octanol–water partition coefficient (Wildman–Crippen LogP) is 4.37. The summed E-state index contributed by atoms with van der Waals surface area (Å²) >= 11 is 3.42. The van der Waals surface area contributed by atoms with E-state index in [1.54, 1.807) is 38.5 Å². The van der Waals surface area contributed by atoms with E-state index in [1.165, 1.54) is 13.2 Å². The molecule has 0 unspecified atom stereocenters. The quantitative estimate of drug-likeness (QED) is 0.554. The largest absolute Gasteiger partial charge is 0.497 e. The molecule has 4 nitrogen and oxygen atoms in total. The van der Waals surface area contributed by atoms with Crippen LogP contribution in [0.25, 0.3) is 6.08 Å². The summed E-state index contributed by atoms with van der Waals surface area (Å²) in [5.74, 6) is 1.72. The van der Waals surface area contributed by atoms with Gasteiger partial charge in [0.05, 0.1) is 31.4 Å². The Labute approximate surface area is 143 Å². The Hall–Kier alpha value is -2.27. The molecule has 0 amide bonds. The molecule has 120 valence electrons. The minimum Gasteiger partial charge on any atom is -0.497 e. The van der Waals surface area contributed by atoms with Crippen LogP contribution in [0, 0.1) is 0 Å². The van der Waals surface area contributed by atoms with Crippen LogP contribution in [0.2, 0.25) is 0 Å². The number of halogens is 1. The number of benzene rings is 2. The van der Waals surface area contributed by atoms with Gasteiger partial charge in [-0.2, -0.15) is 0 Å². The van der Waals surface area contributed by atoms with Crippen molar-refractivity contribution in [3.63, 3.8) is 0 Å². The second-order valence-corrected chi connectivity index (χ2v) is 5.51. The van der Waals surface area contributed by atoms with Gasteiger partial charge in [0.1, 0.15) is 17.2 Å². The maximum atomic E-state index is 12.4. The molecule has 5 heteroatoms. The van der Waals surface area contributed by atoms with Gasteiger partial charge < -0.3 is 14.2 Å². The highest BCUT2D eigenvalue weighted by Gasteiger charge is 2.11. The van der Waals surface area contributed by atoms with Crippen molar-refractivity contribution in [2.24, 2.45) is 0 Å². The van der Waals surface area contributed by atoms with Crippen LogP contribution in [-0.2, 0) is 0 Å². The molecule has 0 radical (unpaired) electrons. The number of carbonyl (C=O) groups is 1. The maximum Gasteiger partial charge on any atom is 0.189 e. The molecule has 23 heavy (non-hydrogen) atoms. The molecule has 0 saturated heterocycles. The lowest BCUT2D eigenvalue weighted by atomic mass is 10.1. The van der Waals surface area contributed by atoms with Crippen LogP contribution in [0.15, 0.2) is 46.9 Å². The third-order valence-corrected chi connectivity index (χ3v) is 3.90. The molecule has 0 aliphatic carbocycles. The third kappa shape index (κ3) is 4.13. The van der Waals surface area contributed by atoms with Crippen molar-refractivity contribution < 1.29 is 19.0 Å². The van der Waals surface area contributed by atoms with Crippen molar-refractivity contribution in [3.8, 4) is 17.2 Å². The summed E-state index contributed by atoms with van der Waals surface area (Å²) in [6, 6.07) is 10.7. The molecule has 2 rings (SSSR count). The highest BCUT2D eigenvalue weighted by molar-refractivity contribution is 9.10. The van der Waals surface area contributed by atoms with Gasteiger partial charge in [0.15, 0.2) is 5.78 Å². The number of allylic oxidation sites excluding steroid dienone is 1. The Morgan fingerprint density at radius 1 is 0.957 bits per heavy atom. The topological polar surface area (TPSA) is 44.8 Å². The lowest BCUT2D eigenvalue weighted by Crippen LogP contribution is -1.99. The monoisotopic (exact) mass is 376 g/mol. The molecule has 0 bridgehead atoms. The molecule has 0 aromatic heterocycles. The maximum absolute atomic E-state index is 12.4. The first-order chi connectivity index (χ1) is 11.1. The molecule has 2 aromatic rings. The van der Waals surface area contributed by atoms with Crippen molar-refractivity contribution in [1.29, 1.82) is 0 Å². The van der Waals surface area contributed by atoms with Gasteiger partial charge in [0.25, 0.3) is 0 Å². The Morgan fingerprint density at radius 2 is 1.70 bits per heavy atom. The highest BCUT2D eigenvalue weighted by atomic mass is 79.9. The van der Waals surface area contributed by atoms with Crippen LogP contribution in [0.5, 0.6) is 17.2 Å². The van der Waals surface area contributed by atoms with Crippen molar-refractivity contribution >= 4 is 27.8 Å². The van der Waals surface area contributed by atoms with Crippen LogP contribution in [0.1, 0.15) is 15.9 Å². The van der Waals surface area contributed by atoms with Crippen molar-refractivity contribution in [2.45, 2.75) is 0 Å². The first-order valence-electron chi connectivity index (χ1n) is 6.87. The van der Waals surface area contributed by atoms with E-state index in [0.29, 0.717) is 17.1 Å². The van der Waals surface area contributed by atoms with Gasteiger partial charge in [-0.15, -0.1) is 0 Å². The summed E-state index contributed by atoms with van der Waals surface area (Å²) in [6.07, 6.45) is 3.26. The number of hydrogen-bond acceptors (Lipinski definition) is 4. The number of hydrogen-bond donors (Lipinski definition) is 0.